The molecule has 2 nitrogen and oxygen atoms in total. The topological polar surface area (TPSA) is 6.48 Å². The highest BCUT2D eigenvalue weighted by molar-refractivity contribution is 5.89. The molecule has 65 heavy (non-hydrogen) atoms. The van der Waals surface area contributed by atoms with E-state index in [9.17, 15) is 0 Å². The molecule has 318 valence electrons. The SMILES string of the molecule is CCCC1(N(c2ccccc2)c2ccc(C=Cc3ccccc3)cc2)c2cc3c(cc21)C(C)(C)c1cc2c(cc1-3)CC2(CC)N(c1ccccc1)c1ccc(C=Cc2ccccc2)cc1. The fourth-order valence-corrected chi connectivity index (χ4v) is 11.4. The molecule has 0 radical (unpaired) electrons. The normalized spacial score (nSPS) is 18.4. The number of nitrogens with zero attached hydrogens (tertiary/aromatic N) is 2. The van der Waals surface area contributed by atoms with Gasteiger partial charge in [0.25, 0.3) is 0 Å². The summed E-state index contributed by atoms with van der Waals surface area (Å²) in [7, 11) is 0. The second-order valence-electron chi connectivity index (χ2n) is 18.8. The van der Waals surface area contributed by atoms with Crippen molar-refractivity contribution in [1.29, 1.82) is 0 Å². The van der Waals surface area contributed by atoms with E-state index in [1.165, 1.54) is 89.5 Å². The molecule has 3 aliphatic rings. The maximum Gasteiger partial charge on any atom is 0.0962 e. The van der Waals surface area contributed by atoms with Crippen LogP contribution in [0, 0.1) is 0 Å². The van der Waals surface area contributed by atoms with Gasteiger partial charge in [-0.15, -0.1) is 0 Å². The molecular weight excluding hydrogens is 785 g/mol. The van der Waals surface area contributed by atoms with Crippen LogP contribution in [0.4, 0.5) is 22.7 Å². The van der Waals surface area contributed by atoms with Crippen molar-refractivity contribution in [2.24, 2.45) is 0 Å². The standard InChI is InChI=1S/C63H56N2/c1-5-39-63(65(51-25-17-10-18-26-51)53-37-33-48(34-38-53)30-28-46-21-13-8-14-22-46)59-41-55-54-40-49-44-62(6-2,56(49)42-57(54)61(3,4)58(55)43-60(59)63)64(50-23-15-9-16-24-50)52-35-31-47(32-36-52)29-27-45-19-11-7-12-20-45/h7-38,40-43H,5-6,39,44H2,1-4H3. The average molecular weight is 841 g/mol. The fourth-order valence-electron chi connectivity index (χ4n) is 11.4. The van der Waals surface area contributed by atoms with Crippen LogP contribution in [0.15, 0.2) is 194 Å². The lowest BCUT2D eigenvalue weighted by Gasteiger charge is -2.53. The van der Waals surface area contributed by atoms with E-state index in [-0.39, 0.29) is 16.5 Å². The Morgan fingerprint density at radius 1 is 0.415 bits per heavy atom. The highest BCUT2D eigenvalue weighted by atomic mass is 15.2. The van der Waals surface area contributed by atoms with Gasteiger partial charge < -0.3 is 9.80 Å². The van der Waals surface area contributed by atoms with Crippen LogP contribution in [0.5, 0.6) is 0 Å². The first-order valence-electron chi connectivity index (χ1n) is 23.6. The minimum Gasteiger partial charge on any atom is -0.331 e. The number of hydrogen-bond donors (Lipinski definition) is 0. The second-order valence-corrected chi connectivity index (χ2v) is 18.8. The Bertz CT molecular complexity index is 3060. The Morgan fingerprint density at radius 2 is 0.815 bits per heavy atom. The third-order valence-electron chi connectivity index (χ3n) is 14.7. The first-order chi connectivity index (χ1) is 31.8. The van der Waals surface area contributed by atoms with Crippen LogP contribution in [0.2, 0.25) is 0 Å². The van der Waals surface area contributed by atoms with Crippen molar-refractivity contribution in [3.8, 4) is 11.1 Å². The molecule has 8 aromatic carbocycles. The number of rotatable bonds is 13. The molecule has 11 rings (SSSR count). The maximum absolute atomic E-state index is 2.63. The van der Waals surface area contributed by atoms with Gasteiger partial charge in [0, 0.05) is 34.6 Å². The van der Waals surface area contributed by atoms with Gasteiger partial charge in [0.15, 0.2) is 0 Å². The number of hydrogen-bond acceptors (Lipinski definition) is 2. The fraction of sp³-hybridized carbons (Fsp3) is 0.175. The lowest BCUT2D eigenvalue weighted by molar-refractivity contribution is 0.362. The van der Waals surface area contributed by atoms with Crippen molar-refractivity contribution in [2.45, 2.75) is 69.9 Å². The van der Waals surface area contributed by atoms with Gasteiger partial charge in [0.2, 0.25) is 0 Å². The Labute approximate surface area is 385 Å². The van der Waals surface area contributed by atoms with E-state index in [2.05, 4.69) is 256 Å². The van der Waals surface area contributed by atoms with Crippen LogP contribution in [0.25, 0.3) is 35.4 Å². The Balaban J connectivity index is 0.956. The highest BCUT2D eigenvalue weighted by Gasteiger charge is 2.57. The molecule has 0 aliphatic heterocycles. The van der Waals surface area contributed by atoms with E-state index in [1.54, 1.807) is 0 Å². The van der Waals surface area contributed by atoms with Gasteiger partial charge in [-0.2, -0.15) is 0 Å². The van der Waals surface area contributed by atoms with E-state index in [1.807, 2.05) is 0 Å². The number of para-hydroxylation sites is 2. The smallest absolute Gasteiger partial charge is 0.0962 e. The summed E-state index contributed by atoms with van der Waals surface area (Å²) >= 11 is 0. The zero-order valence-corrected chi connectivity index (χ0v) is 38.0. The zero-order valence-electron chi connectivity index (χ0n) is 38.0. The van der Waals surface area contributed by atoms with Crippen LogP contribution in [-0.4, -0.2) is 0 Å². The van der Waals surface area contributed by atoms with Gasteiger partial charge >= 0.3 is 0 Å². The van der Waals surface area contributed by atoms with E-state index in [0.717, 1.165) is 25.7 Å². The summed E-state index contributed by atoms with van der Waals surface area (Å²) < 4.78 is 0. The van der Waals surface area contributed by atoms with Crippen LogP contribution in [-0.2, 0) is 22.9 Å². The summed E-state index contributed by atoms with van der Waals surface area (Å²) in [5.41, 5.74) is 20.7. The van der Waals surface area contributed by atoms with Crippen LogP contribution < -0.4 is 9.80 Å². The van der Waals surface area contributed by atoms with Gasteiger partial charge in [-0.05, 0) is 134 Å². The third-order valence-corrected chi connectivity index (χ3v) is 14.7. The predicted molar refractivity (Wildman–Crippen MR) is 276 cm³/mol. The molecule has 0 saturated carbocycles. The molecule has 0 bridgehead atoms. The quantitative estimate of drug-likeness (QED) is 0.107. The summed E-state index contributed by atoms with van der Waals surface area (Å²) in [6, 6.07) is 71.8. The lowest BCUT2D eigenvalue weighted by Crippen LogP contribution is -2.51. The summed E-state index contributed by atoms with van der Waals surface area (Å²) in [6.45, 7) is 9.63. The van der Waals surface area contributed by atoms with Crippen molar-refractivity contribution in [1.82, 2.24) is 0 Å². The summed E-state index contributed by atoms with van der Waals surface area (Å²) in [4.78, 5) is 5.26. The summed E-state index contributed by atoms with van der Waals surface area (Å²) in [6.07, 6.45) is 12.9. The van der Waals surface area contributed by atoms with Crippen LogP contribution in [0.1, 0.15) is 103 Å². The first-order valence-corrected chi connectivity index (χ1v) is 23.6. The third kappa shape index (κ3) is 6.78. The van der Waals surface area contributed by atoms with Gasteiger partial charge in [-0.3, -0.25) is 0 Å². The predicted octanol–water partition coefficient (Wildman–Crippen LogP) is 16.5. The van der Waals surface area contributed by atoms with Crippen molar-refractivity contribution in [3.63, 3.8) is 0 Å². The molecule has 3 aliphatic carbocycles. The Morgan fingerprint density at radius 3 is 1.31 bits per heavy atom. The molecule has 0 saturated heterocycles. The van der Waals surface area contributed by atoms with Crippen molar-refractivity contribution >= 4 is 47.1 Å². The molecule has 2 heteroatoms. The monoisotopic (exact) mass is 840 g/mol. The number of fused-ring (bicyclic) bond motifs is 5. The van der Waals surface area contributed by atoms with Gasteiger partial charge in [-0.1, -0.05) is 198 Å². The second kappa shape index (κ2) is 16.1. The Kier molecular flexibility index (Phi) is 10.1. The van der Waals surface area contributed by atoms with Crippen molar-refractivity contribution in [2.75, 3.05) is 9.80 Å². The minimum absolute atomic E-state index is 0.154. The van der Waals surface area contributed by atoms with E-state index >= 15 is 0 Å². The lowest BCUT2D eigenvalue weighted by atomic mass is 9.65. The summed E-state index contributed by atoms with van der Waals surface area (Å²) in [5, 5.41) is 0. The van der Waals surface area contributed by atoms with Crippen LogP contribution >= 0.6 is 0 Å². The minimum atomic E-state index is -0.210. The number of benzene rings is 8. The van der Waals surface area contributed by atoms with Gasteiger partial charge in [0.1, 0.15) is 0 Å². The molecule has 0 spiro atoms. The van der Waals surface area contributed by atoms with E-state index < -0.39 is 0 Å². The summed E-state index contributed by atoms with van der Waals surface area (Å²) in [5.74, 6) is 0. The molecule has 0 aromatic heterocycles. The van der Waals surface area contributed by atoms with Crippen molar-refractivity contribution in [3.05, 3.63) is 250 Å². The van der Waals surface area contributed by atoms with Crippen LogP contribution in [0.3, 0.4) is 0 Å². The van der Waals surface area contributed by atoms with Crippen molar-refractivity contribution < 1.29 is 0 Å². The first kappa shape index (κ1) is 40.6. The molecule has 0 heterocycles. The molecule has 0 amide bonds. The molecule has 0 N–H and O–H groups in total. The molecule has 2 atom stereocenters. The molecule has 2 unspecified atom stereocenters. The van der Waals surface area contributed by atoms with Gasteiger partial charge in [-0.25, -0.2) is 0 Å². The molecular formula is C63H56N2. The van der Waals surface area contributed by atoms with E-state index in [4.69, 9.17) is 0 Å². The van der Waals surface area contributed by atoms with Gasteiger partial charge in [0.05, 0.1) is 11.1 Å². The average Bonchev–Trinajstić information content (AvgIpc) is 3.91. The maximum atomic E-state index is 2.63. The molecule has 8 aromatic rings. The largest absolute Gasteiger partial charge is 0.331 e. The molecule has 0 fully saturated rings. The number of anilines is 4. The Hall–Kier alpha value is -7.16. The highest BCUT2D eigenvalue weighted by Crippen LogP contribution is 2.64. The van der Waals surface area contributed by atoms with E-state index in [0.29, 0.717) is 0 Å². The zero-order chi connectivity index (χ0) is 44.2.